The SMILES string of the molecule is CCCC(=O)OC[C@H]1O[C@@H](O[C@H]2CC[C@]3(C)[C@H]4C[C@@H](OC(=O)CCC)[C@@H]5[C@@H]([C@H](C)CCCC(C)C)CC[C@@]5(C)[C@]4(C)CC[C@H]3C2(C)C)[C@H](OC(=O)CCC)[C@@H](OC(=O)CCC)[C@@H]1OC(=O)CCC. The van der Waals surface area contributed by atoms with E-state index in [0.717, 1.165) is 38.5 Å². The van der Waals surface area contributed by atoms with E-state index in [2.05, 4.69) is 55.4 Å². The van der Waals surface area contributed by atoms with Crippen molar-refractivity contribution in [1.82, 2.24) is 0 Å². The Hall–Kier alpha value is -2.73. The van der Waals surface area contributed by atoms with E-state index in [4.69, 9.17) is 33.2 Å². The Morgan fingerprint density at radius 2 is 1.12 bits per heavy atom. The molecule has 0 spiro atoms. The Bertz CT molecular complexity index is 1690. The van der Waals surface area contributed by atoms with E-state index < -0.39 is 60.0 Å². The molecule has 68 heavy (non-hydrogen) atoms. The summed E-state index contributed by atoms with van der Waals surface area (Å²) in [6, 6.07) is 0. The molecule has 12 heteroatoms. The zero-order valence-electron chi connectivity index (χ0n) is 44.8. The zero-order chi connectivity index (χ0) is 50.2. The second-order valence-electron chi connectivity index (χ2n) is 23.6. The molecule has 1 saturated heterocycles. The maximum Gasteiger partial charge on any atom is 0.306 e. The first kappa shape index (κ1) is 56.2. The maximum atomic E-state index is 13.6. The van der Waals surface area contributed by atoms with E-state index in [-0.39, 0.29) is 72.6 Å². The van der Waals surface area contributed by atoms with Crippen molar-refractivity contribution < 1.29 is 57.1 Å². The predicted octanol–water partition coefficient (Wildman–Crippen LogP) is 12.0. The number of carbonyl (C=O) groups excluding carboxylic acids is 5. The van der Waals surface area contributed by atoms with Gasteiger partial charge in [-0.3, -0.25) is 24.0 Å². The average molecular weight is 959 g/mol. The quantitative estimate of drug-likeness (QED) is 0.0545. The van der Waals surface area contributed by atoms with Crippen LogP contribution in [-0.2, 0) is 57.1 Å². The van der Waals surface area contributed by atoms with Crippen molar-refractivity contribution in [3.05, 3.63) is 0 Å². The largest absolute Gasteiger partial charge is 0.463 e. The van der Waals surface area contributed by atoms with E-state index >= 15 is 0 Å². The molecule has 0 aromatic heterocycles. The van der Waals surface area contributed by atoms with Gasteiger partial charge in [-0.15, -0.1) is 0 Å². The van der Waals surface area contributed by atoms with Gasteiger partial charge >= 0.3 is 29.8 Å². The van der Waals surface area contributed by atoms with Gasteiger partial charge in [-0.1, -0.05) is 109 Å². The van der Waals surface area contributed by atoms with Crippen LogP contribution in [0.4, 0.5) is 0 Å². The predicted molar refractivity (Wildman–Crippen MR) is 261 cm³/mol. The molecule has 0 aromatic carbocycles. The van der Waals surface area contributed by atoms with Gasteiger partial charge in [-0.25, -0.2) is 0 Å². The fraction of sp³-hybridized carbons (Fsp3) is 0.911. The molecular formula is C56H94O12. The Labute approximate surface area is 410 Å². The molecule has 5 rings (SSSR count). The summed E-state index contributed by atoms with van der Waals surface area (Å²) in [5, 5.41) is 0. The second-order valence-corrected chi connectivity index (χ2v) is 23.6. The van der Waals surface area contributed by atoms with Gasteiger partial charge in [-0.05, 0) is 128 Å². The first-order valence-electron chi connectivity index (χ1n) is 27.4. The third-order valence-corrected chi connectivity index (χ3v) is 18.2. The second kappa shape index (κ2) is 24.1. The molecule has 0 radical (unpaired) electrons. The zero-order valence-corrected chi connectivity index (χ0v) is 44.8. The molecule has 5 fully saturated rings. The van der Waals surface area contributed by atoms with Crippen LogP contribution in [0.25, 0.3) is 0 Å². The molecule has 0 amide bonds. The lowest BCUT2D eigenvalue weighted by Crippen LogP contribution is -2.67. The molecule has 12 nitrogen and oxygen atoms in total. The van der Waals surface area contributed by atoms with Crippen molar-refractivity contribution in [3.63, 3.8) is 0 Å². The van der Waals surface area contributed by atoms with Gasteiger partial charge < -0.3 is 33.2 Å². The van der Waals surface area contributed by atoms with Crippen molar-refractivity contribution in [3.8, 4) is 0 Å². The Balaban J connectivity index is 1.50. The lowest BCUT2D eigenvalue weighted by Gasteiger charge is -2.70. The van der Waals surface area contributed by atoms with Crippen molar-refractivity contribution in [2.24, 2.45) is 57.2 Å². The molecular weight excluding hydrogens is 865 g/mol. The first-order chi connectivity index (χ1) is 32.1. The van der Waals surface area contributed by atoms with Crippen molar-refractivity contribution in [1.29, 1.82) is 0 Å². The van der Waals surface area contributed by atoms with E-state index in [1.165, 1.54) is 25.7 Å². The minimum Gasteiger partial charge on any atom is -0.463 e. The normalized spacial score (nSPS) is 36.6. The molecule has 0 aromatic rings. The smallest absolute Gasteiger partial charge is 0.306 e. The van der Waals surface area contributed by atoms with Crippen LogP contribution in [-0.4, -0.2) is 79.4 Å². The van der Waals surface area contributed by atoms with Crippen LogP contribution in [0.2, 0.25) is 0 Å². The molecule has 4 aliphatic carbocycles. The molecule has 0 unspecified atom stereocenters. The maximum absolute atomic E-state index is 13.6. The highest BCUT2D eigenvalue weighted by Crippen LogP contribution is 2.76. The number of rotatable bonds is 23. The van der Waals surface area contributed by atoms with Gasteiger partial charge in [0.15, 0.2) is 24.6 Å². The van der Waals surface area contributed by atoms with Gasteiger partial charge in [0.25, 0.3) is 0 Å². The molecule has 15 atom stereocenters. The third kappa shape index (κ3) is 12.1. The summed E-state index contributed by atoms with van der Waals surface area (Å²) in [5.41, 5.74) is -0.459. The minimum absolute atomic E-state index is 0.0119. The van der Waals surface area contributed by atoms with Crippen molar-refractivity contribution in [2.75, 3.05) is 6.61 Å². The lowest BCUT2D eigenvalue weighted by atomic mass is 9.35. The van der Waals surface area contributed by atoms with E-state index in [9.17, 15) is 24.0 Å². The number of hydrogen-bond acceptors (Lipinski definition) is 12. The first-order valence-corrected chi connectivity index (χ1v) is 27.4. The van der Waals surface area contributed by atoms with Gasteiger partial charge in [0.1, 0.15) is 18.8 Å². The van der Waals surface area contributed by atoms with Gasteiger partial charge in [0.2, 0.25) is 0 Å². The standard InChI is InChI=1S/C56H94O12/c1-14-20-43(57)62-34-39-49(66-45(59)22-16-3)50(67-46(60)23-17-4)51(68-47(61)24-18-5)52(64-39)65-42-29-30-54(11)40(53(42,9)10)28-32-55(12)41(54)33-38(63-44(58)21-15-2)48-37(27-31-56(48,55)13)36(8)26-19-25-35(6)7/h35-42,48-52H,14-34H2,1-13H3/t36-,37-,38-,39-,40+,41-,42+,48+,49-,50+,51-,52+,54+,55-,56-/m1/s1. The Morgan fingerprint density at radius 3 is 1.69 bits per heavy atom. The molecule has 0 bridgehead atoms. The van der Waals surface area contributed by atoms with Crippen LogP contribution in [0.3, 0.4) is 0 Å². The number of ether oxygens (including phenoxy) is 7. The number of carbonyl (C=O) groups is 5. The molecule has 1 aliphatic heterocycles. The van der Waals surface area contributed by atoms with Crippen LogP contribution >= 0.6 is 0 Å². The van der Waals surface area contributed by atoms with Crippen LogP contribution < -0.4 is 0 Å². The summed E-state index contributed by atoms with van der Waals surface area (Å²) in [6.45, 7) is 28.5. The highest BCUT2D eigenvalue weighted by molar-refractivity contribution is 5.72. The van der Waals surface area contributed by atoms with Gasteiger partial charge in [-0.2, -0.15) is 0 Å². The molecule has 5 aliphatic rings. The monoisotopic (exact) mass is 959 g/mol. The molecule has 4 saturated carbocycles. The summed E-state index contributed by atoms with van der Waals surface area (Å²) in [6.07, 6.45) is 7.70. The highest BCUT2D eigenvalue weighted by Gasteiger charge is 2.71. The fourth-order valence-corrected chi connectivity index (χ4v) is 14.6. The molecule has 1 heterocycles. The van der Waals surface area contributed by atoms with E-state index in [0.29, 0.717) is 68.1 Å². The number of esters is 5. The average Bonchev–Trinajstić information content (AvgIpc) is 3.63. The lowest BCUT2D eigenvalue weighted by molar-refractivity contribution is -0.335. The van der Waals surface area contributed by atoms with Crippen LogP contribution in [0.15, 0.2) is 0 Å². The van der Waals surface area contributed by atoms with Crippen molar-refractivity contribution in [2.45, 2.75) is 261 Å². The van der Waals surface area contributed by atoms with Crippen LogP contribution in [0.5, 0.6) is 0 Å². The fourth-order valence-electron chi connectivity index (χ4n) is 14.6. The summed E-state index contributed by atoms with van der Waals surface area (Å²) < 4.78 is 44.8. The summed E-state index contributed by atoms with van der Waals surface area (Å²) in [7, 11) is 0. The number of hydrogen-bond donors (Lipinski definition) is 0. The van der Waals surface area contributed by atoms with Gasteiger partial charge in [0.05, 0.1) is 6.10 Å². The minimum atomic E-state index is -1.28. The topological polar surface area (TPSA) is 150 Å². The van der Waals surface area contributed by atoms with Crippen molar-refractivity contribution >= 4 is 29.8 Å². The van der Waals surface area contributed by atoms with E-state index in [1.54, 1.807) is 0 Å². The summed E-state index contributed by atoms with van der Waals surface area (Å²) >= 11 is 0. The Kier molecular flexibility index (Phi) is 19.9. The van der Waals surface area contributed by atoms with Crippen LogP contribution in [0.1, 0.15) is 218 Å². The summed E-state index contributed by atoms with van der Waals surface area (Å²) in [4.78, 5) is 66.6. The third-order valence-electron chi connectivity index (χ3n) is 18.2. The number of fused-ring (bicyclic) bond motifs is 5. The van der Waals surface area contributed by atoms with Gasteiger partial charge in [0, 0.05) is 38.0 Å². The highest BCUT2D eigenvalue weighted by atomic mass is 16.7. The van der Waals surface area contributed by atoms with Crippen LogP contribution in [0, 0.1) is 57.2 Å². The molecule has 0 N–H and O–H groups in total. The summed E-state index contributed by atoms with van der Waals surface area (Å²) in [5.74, 6) is 0.526. The van der Waals surface area contributed by atoms with E-state index in [1.807, 2.05) is 34.6 Å². The Morgan fingerprint density at radius 1 is 0.588 bits per heavy atom. The molecule has 390 valence electrons.